The number of rotatable bonds is 6. The van der Waals surface area contributed by atoms with E-state index in [1.165, 1.54) is 0 Å². The van der Waals surface area contributed by atoms with Gasteiger partial charge in [0.15, 0.2) is 11.7 Å². The van der Waals surface area contributed by atoms with Gasteiger partial charge in [-0.2, -0.15) is 0 Å². The van der Waals surface area contributed by atoms with Crippen LogP contribution >= 0.6 is 23.8 Å². The van der Waals surface area contributed by atoms with Crippen molar-refractivity contribution >= 4 is 40.5 Å². The first-order valence-corrected chi connectivity index (χ1v) is 9.53. The fraction of sp³-hybridized carbons (Fsp3) is 0.143. The Kier molecular flexibility index (Phi) is 6.87. The zero-order chi connectivity index (χ0) is 20.8. The van der Waals surface area contributed by atoms with Gasteiger partial charge in [-0.1, -0.05) is 23.7 Å². The number of hydrogen-bond acceptors (Lipinski definition) is 5. The van der Waals surface area contributed by atoms with Crippen LogP contribution in [0.1, 0.15) is 11.3 Å². The Morgan fingerprint density at radius 2 is 2.03 bits per heavy atom. The SMILES string of the molecule is Cc1cccc(OCC(=O)NC(=S)Nc2ccc(Cl)c(-c3ccc(CO)o3)c2)c1. The molecular weight excluding hydrogens is 412 g/mol. The lowest BCUT2D eigenvalue weighted by Crippen LogP contribution is -2.37. The molecule has 0 saturated carbocycles. The maximum Gasteiger partial charge on any atom is 0.264 e. The number of carbonyl (C=O) groups is 1. The fourth-order valence-electron chi connectivity index (χ4n) is 2.58. The first kappa shape index (κ1) is 20.9. The molecule has 8 heteroatoms. The highest BCUT2D eigenvalue weighted by Crippen LogP contribution is 2.32. The summed E-state index contributed by atoms with van der Waals surface area (Å²) < 4.78 is 11.0. The van der Waals surface area contributed by atoms with Gasteiger partial charge in [-0.3, -0.25) is 10.1 Å². The van der Waals surface area contributed by atoms with E-state index in [9.17, 15) is 4.79 Å². The van der Waals surface area contributed by atoms with Crippen molar-refractivity contribution in [1.82, 2.24) is 5.32 Å². The number of nitrogens with one attached hydrogen (secondary N) is 2. The standard InChI is InChI=1S/C21H19ClN2O4S/c1-13-3-2-4-15(9-13)27-12-20(26)24-21(29)23-14-5-7-18(22)17(10-14)19-8-6-16(11-25)28-19/h2-10,25H,11-12H2,1H3,(H2,23,24,26,29). The fourth-order valence-corrected chi connectivity index (χ4v) is 3.02. The number of furan rings is 1. The Morgan fingerprint density at radius 1 is 1.21 bits per heavy atom. The van der Waals surface area contributed by atoms with Crippen LogP contribution in [0.5, 0.6) is 5.75 Å². The molecule has 1 amide bonds. The number of amides is 1. The second-order valence-electron chi connectivity index (χ2n) is 6.23. The number of aliphatic hydroxyl groups excluding tert-OH is 1. The molecule has 0 fully saturated rings. The van der Waals surface area contributed by atoms with Crippen molar-refractivity contribution in [3.63, 3.8) is 0 Å². The van der Waals surface area contributed by atoms with Gasteiger partial charge in [0, 0.05) is 11.3 Å². The highest BCUT2D eigenvalue weighted by Gasteiger charge is 2.11. The number of halogens is 1. The maximum absolute atomic E-state index is 12.1. The third-order valence-electron chi connectivity index (χ3n) is 3.92. The first-order valence-electron chi connectivity index (χ1n) is 8.74. The van der Waals surface area contributed by atoms with Crippen molar-refractivity contribution in [2.75, 3.05) is 11.9 Å². The van der Waals surface area contributed by atoms with Gasteiger partial charge in [-0.25, -0.2) is 0 Å². The van der Waals surface area contributed by atoms with Gasteiger partial charge >= 0.3 is 0 Å². The minimum absolute atomic E-state index is 0.131. The van der Waals surface area contributed by atoms with E-state index in [0.29, 0.717) is 33.5 Å². The van der Waals surface area contributed by atoms with E-state index in [1.807, 2.05) is 25.1 Å². The topological polar surface area (TPSA) is 83.7 Å². The summed E-state index contributed by atoms with van der Waals surface area (Å²) in [4.78, 5) is 12.1. The van der Waals surface area contributed by atoms with Gasteiger partial charge in [0.05, 0.1) is 5.02 Å². The molecule has 0 spiro atoms. The molecule has 150 valence electrons. The average Bonchev–Trinajstić information content (AvgIpc) is 3.17. The van der Waals surface area contributed by atoms with E-state index >= 15 is 0 Å². The molecule has 0 aliphatic carbocycles. The predicted molar refractivity (Wildman–Crippen MR) is 116 cm³/mol. The highest BCUT2D eigenvalue weighted by molar-refractivity contribution is 7.80. The quantitative estimate of drug-likeness (QED) is 0.506. The Morgan fingerprint density at radius 3 is 2.76 bits per heavy atom. The highest BCUT2D eigenvalue weighted by atomic mass is 35.5. The summed E-state index contributed by atoms with van der Waals surface area (Å²) in [6, 6.07) is 16.0. The van der Waals surface area contributed by atoms with Crippen molar-refractivity contribution < 1.29 is 19.1 Å². The summed E-state index contributed by atoms with van der Waals surface area (Å²) in [6.45, 7) is 1.59. The van der Waals surface area contributed by atoms with Gasteiger partial charge in [-0.15, -0.1) is 0 Å². The molecule has 29 heavy (non-hydrogen) atoms. The Bertz CT molecular complexity index is 1040. The van der Waals surface area contributed by atoms with Crippen molar-refractivity contribution in [1.29, 1.82) is 0 Å². The molecule has 0 radical (unpaired) electrons. The molecule has 3 aromatic rings. The van der Waals surface area contributed by atoms with Crippen LogP contribution in [0.2, 0.25) is 5.02 Å². The smallest absolute Gasteiger partial charge is 0.264 e. The van der Waals surface area contributed by atoms with Crippen LogP contribution in [0, 0.1) is 6.92 Å². The zero-order valence-corrected chi connectivity index (χ0v) is 17.1. The molecule has 3 N–H and O–H groups in total. The second-order valence-corrected chi connectivity index (χ2v) is 7.04. The third-order valence-corrected chi connectivity index (χ3v) is 4.45. The number of benzene rings is 2. The molecule has 3 rings (SSSR count). The van der Waals surface area contributed by atoms with E-state index in [0.717, 1.165) is 5.56 Å². The largest absolute Gasteiger partial charge is 0.484 e. The average molecular weight is 431 g/mol. The van der Waals surface area contributed by atoms with Crippen molar-refractivity contribution in [2.24, 2.45) is 0 Å². The Balaban J connectivity index is 1.58. The second kappa shape index (κ2) is 9.56. The summed E-state index contributed by atoms with van der Waals surface area (Å²) in [5.74, 6) is 1.19. The van der Waals surface area contributed by atoms with Crippen LogP contribution < -0.4 is 15.4 Å². The normalized spacial score (nSPS) is 10.4. The van der Waals surface area contributed by atoms with Crippen LogP contribution in [0.4, 0.5) is 5.69 Å². The number of anilines is 1. The molecule has 0 saturated heterocycles. The van der Waals surface area contributed by atoms with Crippen molar-refractivity contribution in [2.45, 2.75) is 13.5 Å². The Hall–Kier alpha value is -2.87. The molecular formula is C21H19ClN2O4S. The van der Waals surface area contributed by atoms with E-state index in [1.54, 1.807) is 36.4 Å². The molecule has 0 bridgehead atoms. The lowest BCUT2D eigenvalue weighted by atomic mass is 10.1. The predicted octanol–water partition coefficient (Wildman–Crippen LogP) is 4.29. The molecule has 2 aromatic carbocycles. The van der Waals surface area contributed by atoms with Gasteiger partial charge in [-0.05, 0) is 67.2 Å². The molecule has 0 aliphatic rings. The van der Waals surface area contributed by atoms with Crippen molar-refractivity contribution in [3.05, 3.63) is 70.9 Å². The van der Waals surface area contributed by atoms with Crippen LogP contribution in [-0.2, 0) is 11.4 Å². The van der Waals surface area contributed by atoms with Gasteiger partial charge in [0.1, 0.15) is 23.9 Å². The van der Waals surface area contributed by atoms with Gasteiger partial charge in [0.25, 0.3) is 5.91 Å². The summed E-state index contributed by atoms with van der Waals surface area (Å²) in [5.41, 5.74) is 2.30. The molecule has 0 unspecified atom stereocenters. The monoisotopic (exact) mass is 430 g/mol. The number of aliphatic hydroxyl groups is 1. The first-order chi connectivity index (χ1) is 13.9. The van der Waals surface area contributed by atoms with Crippen LogP contribution in [0.25, 0.3) is 11.3 Å². The summed E-state index contributed by atoms with van der Waals surface area (Å²) in [5, 5.41) is 15.3. The molecule has 6 nitrogen and oxygen atoms in total. The minimum atomic E-state index is -0.378. The molecule has 1 heterocycles. The van der Waals surface area contributed by atoms with E-state index in [-0.39, 0.29) is 24.2 Å². The molecule has 0 atom stereocenters. The summed E-state index contributed by atoms with van der Waals surface area (Å²) in [6.07, 6.45) is 0. The minimum Gasteiger partial charge on any atom is -0.484 e. The lowest BCUT2D eigenvalue weighted by molar-refractivity contribution is -0.121. The lowest BCUT2D eigenvalue weighted by Gasteiger charge is -2.12. The number of ether oxygens (including phenoxy) is 1. The zero-order valence-electron chi connectivity index (χ0n) is 15.6. The molecule has 1 aromatic heterocycles. The summed E-state index contributed by atoms with van der Waals surface area (Å²) >= 11 is 11.4. The third kappa shape index (κ3) is 5.80. The number of carbonyl (C=O) groups excluding carboxylic acids is 1. The number of thiocarbonyl (C=S) groups is 1. The van der Waals surface area contributed by atoms with Crippen molar-refractivity contribution in [3.8, 4) is 17.1 Å². The van der Waals surface area contributed by atoms with E-state index in [2.05, 4.69) is 10.6 Å². The number of aryl methyl sites for hydroxylation is 1. The van der Waals surface area contributed by atoms with Crippen LogP contribution in [0.3, 0.4) is 0 Å². The maximum atomic E-state index is 12.1. The van der Waals surface area contributed by atoms with E-state index in [4.69, 9.17) is 38.1 Å². The van der Waals surface area contributed by atoms with Gasteiger partial charge in [0.2, 0.25) is 0 Å². The van der Waals surface area contributed by atoms with Gasteiger partial charge < -0.3 is 19.6 Å². The summed E-state index contributed by atoms with van der Waals surface area (Å²) in [7, 11) is 0. The Labute approximate surface area is 178 Å². The van der Waals surface area contributed by atoms with E-state index < -0.39 is 0 Å². The number of hydrogen-bond donors (Lipinski definition) is 3. The molecule has 0 aliphatic heterocycles. The van der Waals surface area contributed by atoms with Crippen LogP contribution in [-0.4, -0.2) is 22.7 Å². The van der Waals surface area contributed by atoms with Crippen LogP contribution in [0.15, 0.2) is 59.0 Å².